The summed E-state index contributed by atoms with van der Waals surface area (Å²) in [5.74, 6) is 0.950. The van der Waals surface area contributed by atoms with E-state index in [1.54, 1.807) is 0 Å². The zero-order chi connectivity index (χ0) is 17.9. The molecule has 0 atom stereocenters. The topological polar surface area (TPSA) is 28.7 Å². The number of halogens is 1. The zero-order valence-electron chi connectivity index (χ0n) is 14.8. The van der Waals surface area contributed by atoms with Crippen molar-refractivity contribution in [2.24, 2.45) is 0 Å². The van der Waals surface area contributed by atoms with Crippen molar-refractivity contribution in [3.63, 3.8) is 0 Å². The van der Waals surface area contributed by atoms with Gasteiger partial charge in [0.15, 0.2) is 0 Å². The molecule has 1 N–H and O–H groups in total. The van der Waals surface area contributed by atoms with Gasteiger partial charge in [-0.05, 0) is 35.7 Å². The molecule has 2 nitrogen and oxygen atoms in total. The maximum absolute atomic E-state index is 5.01. The van der Waals surface area contributed by atoms with Gasteiger partial charge in [-0.3, -0.25) is 0 Å². The van der Waals surface area contributed by atoms with Gasteiger partial charge < -0.3 is 4.98 Å². The Morgan fingerprint density at radius 2 is 1.69 bits per heavy atom. The fourth-order valence-electron chi connectivity index (χ4n) is 3.35. The zero-order valence-corrected chi connectivity index (χ0v) is 16.4. The van der Waals surface area contributed by atoms with E-state index < -0.39 is 0 Å². The van der Waals surface area contributed by atoms with E-state index in [9.17, 15) is 0 Å². The normalized spacial score (nSPS) is 11.2. The molecule has 0 aliphatic heterocycles. The first-order valence-electron chi connectivity index (χ1n) is 9.09. The summed E-state index contributed by atoms with van der Waals surface area (Å²) >= 11 is 3.52. The Bertz CT molecular complexity index is 1030. The molecule has 0 radical (unpaired) electrons. The molecule has 0 bridgehead atoms. The number of imidazole rings is 1. The van der Waals surface area contributed by atoms with Crippen LogP contribution in [0.4, 0.5) is 0 Å². The van der Waals surface area contributed by atoms with E-state index in [0.717, 1.165) is 40.0 Å². The van der Waals surface area contributed by atoms with Crippen LogP contribution >= 0.6 is 15.9 Å². The van der Waals surface area contributed by atoms with E-state index >= 15 is 0 Å². The van der Waals surface area contributed by atoms with E-state index in [1.165, 1.54) is 22.9 Å². The number of aryl methyl sites for hydroxylation is 1. The van der Waals surface area contributed by atoms with Crippen molar-refractivity contribution in [2.45, 2.75) is 26.2 Å². The predicted molar refractivity (Wildman–Crippen MR) is 113 cm³/mol. The van der Waals surface area contributed by atoms with Gasteiger partial charge in [0.1, 0.15) is 5.82 Å². The second-order valence-electron chi connectivity index (χ2n) is 6.55. The number of hydrogen-bond acceptors (Lipinski definition) is 1. The van der Waals surface area contributed by atoms with Crippen LogP contribution in [0.3, 0.4) is 0 Å². The second-order valence-corrected chi connectivity index (χ2v) is 7.47. The van der Waals surface area contributed by atoms with Crippen LogP contribution in [0, 0.1) is 0 Å². The quantitative estimate of drug-likeness (QED) is 0.380. The lowest BCUT2D eigenvalue weighted by atomic mass is 10.0. The Hall–Kier alpha value is -2.39. The fourth-order valence-corrected chi connectivity index (χ4v) is 3.61. The van der Waals surface area contributed by atoms with Crippen LogP contribution < -0.4 is 0 Å². The lowest BCUT2D eigenvalue weighted by molar-refractivity contribution is 0.782. The Balaban J connectivity index is 1.85. The molecule has 4 rings (SSSR count). The van der Waals surface area contributed by atoms with Crippen molar-refractivity contribution in [3.8, 4) is 22.6 Å². The van der Waals surface area contributed by atoms with E-state index in [1.807, 2.05) is 0 Å². The van der Waals surface area contributed by atoms with Crippen molar-refractivity contribution in [3.05, 3.63) is 76.9 Å². The van der Waals surface area contributed by atoms with Gasteiger partial charge in [-0.15, -0.1) is 0 Å². The molecule has 0 spiro atoms. The van der Waals surface area contributed by atoms with Crippen LogP contribution in [0.1, 0.15) is 25.5 Å². The molecule has 26 heavy (non-hydrogen) atoms. The molecule has 0 aliphatic carbocycles. The summed E-state index contributed by atoms with van der Waals surface area (Å²) in [7, 11) is 0. The number of unbranched alkanes of at least 4 members (excludes halogenated alkanes) is 1. The Kier molecular flexibility index (Phi) is 4.89. The molecule has 1 heterocycles. The third-order valence-electron chi connectivity index (χ3n) is 4.72. The van der Waals surface area contributed by atoms with Crippen LogP contribution in [-0.2, 0) is 6.42 Å². The maximum atomic E-state index is 5.01. The van der Waals surface area contributed by atoms with Crippen LogP contribution in [0.5, 0.6) is 0 Å². The number of fused-ring (bicyclic) bond motifs is 1. The Labute approximate surface area is 162 Å². The molecular formula is C23H21BrN2. The summed E-state index contributed by atoms with van der Waals surface area (Å²) in [4.78, 5) is 8.63. The van der Waals surface area contributed by atoms with Gasteiger partial charge in [-0.25, -0.2) is 4.98 Å². The number of rotatable bonds is 5. The summed E-state index contributed by atoms with van der Waals surface area (Å²) in [6, 6.07) is 23.3. The summed E-state index contributed by atoms with van der Waals surface area (Å²) in [6.45, 7) is 2.22. The van der Waals surface area contributed by atoms with Gasteiger partial charge in [0.2, 0.25) is 0 Å². The molecule has 3 aromatic carbocycles. The number of nitrogens with one attached hydrogen (secondary N) is 1. The van der Waals surface area contributed by atoms with Crippen molar-refractivity contribution in [1.29, 1.82) is 0 Å². The maximum Gasteiger partial charge on any atom is 0.138 e. The van der Waals surface area contributed by atoms with E-state index in [2.05, 4.69) is 94.6 Å². The Morgan fingerprint density at radius 3 is 2.50 bits per heavy atom. The first kappa shape index (κ1) is 17.0. The smallest absolute Gasteiger partial charge is 0.138 e. The largest absolute Gasteiger partial charge is 0.341 e. The van der Waals surface area contributed by atoms with E-state index in [-0.39, 0.29) is 0 Å². The molecule has 0 amide bonds. The highest BCUT2D eigenvalue weighted by Gasteiger charge is 2.14. The van der Waals surface area contributed by atoms with Crippen LogP contribution in [0.15, 0.2) is 71.2 Å². The molecule has 0 unspecified atom stereocenters. The van der Waals surface area contributed by atoms with E-state index in [4.69, 9.17) is 4.98 Å². The summed E-state index contributed by atoms with van der Waals surface area (Å²) in [5, 5.41) is 2.47. The minimum atomic E-state index is 0.950. The monoisotopic (exact) mass is 404 g/mol. The highest BCUT2D eigenvalue weighted by molar-refractivity contribution is 9.10. The average molecular weight is 405 g/mol. The molecule has 0 saturated carbocycles. The number of H-pyrrole nitrogens is 1. The van der Waals surface area contributed by atoms with Crippen molar-refractivity contribution >= 4 is 26.7 Å². The van der Waals surface area contributed by atoms with Gasteiger partial charge in [0.05, 0.1) is 5.69 Å². The van der Waals surface area contributed by atoms with Crippen LogP contribution in [0.25, 0.3) is 33.4 Å². The van der Waals surface area contributed by atoms with Gasteiger partial charge >= 0.3 is 0 Å². The molecule has 1 aromatic heterocycles. The third-order valence-corrected chi connectivity index (χ3v) is 5.25. The number of aromatic nitrogens is 2. The van der Waals surface area contributed by atoms with Crippen molar-refractivity contribution in [1.82, 2.24) is 9.97 Å². The summed E-state index contributed by atoms with van der Waals surface area (Å²) in [6.07, 6.45) is 3.34. The number of aromatic amines is 1. The van der Waals surface area contributed by atoms with E-state index in [0.29, 0.717) is 0 Å². The highest BCUT2D eigenvalue weighted by atomic mass is 79.9. The van der Waals surface area contributed by atoms with Crippen LogP contribution in [0.2, 0.25) is 0 Å². The Morgan fingerprint density at radius 1 is 0.923 bits per heavy atom. The average Bonchev–Trinajstić information content (AvgIpc) is 3.10. The van der Waals surface area contributed by atoms with Crippen molar-refractivity contribution in [2.75, 3.05) is 0 Å². The molecule has 4 aromatic rings. The lowest BCUT2D eigenvalue weighted by Crippen LogP contribution is -1.89. The molecule has 130 valence electrons. The SMILES string of the molecule is CCCCc1[nH]c(-c2cccc3ccccc23)nc1-c1ccc(Br)cc1. The molecule has 3 heteroatoms. The number of hydrogen-bond donors (Lipinski definition) is 1. The summed E-state index contributed by atoms with van der Waals surface area (Å²) in [5.41, 5.74) is 4.59. The third kappa shape index (κ3) is 3.32. The summed E-state index contributed by atoms with van der Waals surface area (Å²) < 4.78 is 1.08. The van der Waals surface area contributed by atoms with Crippen molar-refractivity contribution < 1.29 is 0 Å². The standard InChI is InChI=1S/C23H21BrN2/c1-2-3-11-21-22(17-12-14-18(24)15-13-17)26-23(25-21)20-10-6-8-16-7-4-5-9-19(16)20/h4-10,12-15H,2-3,11H2,1H3,(H,25,26). The lowest BCUT2D eigenvalue weighted by Gasteiger charge is -2.03. The second kappa shape index (κ2) is 7.46. The van der Waals surface area contributed by atoms with Crippen LogP contribution in [-0.4, -0.2) is 9.97 Å². The number of benzene rings is 3. The predicted octanol–water partition coefficient (Wildman–Crippen LogP) is 7.00. The molecule has 0 aliphatic rings. The van der Waals surface area contributed by atoms with Gasteiger partial charge in [-0.2, -0.15) is 0 Å². The molecular weight excluding hydrogens is 384 g/mol. The van der Waals surface area contributed by atoms with Gasteiger partial charge in [0, 0.05) is 21.3 Å². The van der Waals surface area contributed by atoms with Gasteiger partial charge in [0.25, 0.3) is 0 Å². The first-order valence-corrected chi connectivity index (χ1v) is 9.88. The minimum Gasteiger partial charge on any atom is -0.341 e. The molecule has 0 fully saturated rings. The molecule has 0 saturated heterocycles. The fraction of sp³-hybridized carbons (Fsp3) is 0.174. The van der Waals surface area contributed by atoms with Gasteiger partial charge in [-0.1, -0.05) is 83.9 Å². The number of nitrogens with zero attached hydrogens (tertiary/aromatic N) is 1. The first-order chi connectivity index (χ1) is 12.8. The highest BCUT2D eigenvalue weighted by Crippen LogP contribution is 2.31. The minimum absolute atomic E-state index is 0.950.